The average molecular weight is 276 g/mol. The number of hydrogen-bond donors (Lipinski definition) is 1. The molecule has 0 radical (unpaired) electrons. The van der Waals surface area contributed by atoms with Crippen molar-refractivity contribution in [1.82, 2.24) is 10.2 Å². The van der Waals surface area contributed by atoms with E-state index in [9.17, 15) is 4.79 Å². The maximum Gasteiger partial charge on any atom is 0.234 e. The van der Waals surface area contributed by atoms with Gasteiger partial charge in [0.15, 0.2) is 0 Å². The van der Waals surface area contributed by atoms with Crippen molar-refractivity contribution in [2.75, 3.05) is 20.2 Å². The summed E-state index contributed by atoms with van der Waals surface area (Å²) in [6.45, 7) is 9.66. The molecule has 0 saturated carbocycles. The van der Waals surface area contributed by atoms with Crippen molar-refractivity contribution in [3.63, 3.8) is 0 Å². The first-order valence-corrected chi connectivity index (χ1v) is 7.22. The van der Waals surface area contributed by atoms with E-state index in [0.29, 0.717) is 0 Å². The molecule has 0 bridgehead atoms. The lowest BCUT2D eigenvalue weighted by Crippen LogP contribution is -2.44. The Hall–Kier alpha value is -1.55. The Morgan fingerprint density at radius 2 is 2.10 bits per heavy atom. The van der Waals surface area contributed by atoms with Crippen molar-refractivity contribution < 1.29 is 9.53 Å². The Bertz CT molecular complexity index is 459. The van der Waals surface area contributed by atoms with Crippen LogP contribution in [0.3, 0.4) is 0 Å². The predicted molar refractivity (Wildman–Crippen MR) is 79.9 cm³/mol. The maximum atomic E-state index is 12.6. The molecule has 1 amide bonds. The molecule has 0 aromatic carbocycles. The second-order valence-corrected chi connectivity index (χ2v) is 5.41. The fraction of sp³-hybridized carbons (Fsp3) is 0.562. The summed E-state index contributed by atoms with van der Waals surface area (Å²) in [6, 6.07) is 0.277. The molecule has 2 rings (SSSR count). The molecule has 1 N–H and O–H groups in total. The smallest absolute Gasteiger partial charge is 0.234 e. The first kappa shape index (κ1) is 14.9. The van der Waals surface area contributed by atoms with Crippen molar-refractivity contribution in [2.24, 2.45) is 5.92 Å². The Morgan fingerprint density at radius 3 is 2.65 bits per heavy atom. The zero-order valence-corrected chi connectivity index (χ0v) is 12.6. The highest BCUT2D eigenvalue weighted by atomic mass is 16.5. The number of allylic oxidation sites excluding steroid dienone is 3. The lowest BCUT2D eigenvalue weighted by Gasteiger charge is -2.33. The molecule has 0 spiro atoms. The van der Waals surface area contributed by atoms with Crippen LogP contribution in [0.25, 0.3) is 0 Å². The van der Waals surface area contributed by atoms with Crippen LogP contribution in [-0.2, 0) is 9.53 Å². The monoisotopic (exact) mass is 276 g/mol. The average Bonchev–Trinajstić information content (AvgIpc) is 2.71. The molecule has 4 heteroatoms. The van der Waals surface area contributed by atoms with Crippen LogP contribution in [0.15, 0.2) is 35.8 Å². The summed E-state index contributed by atoms with van der Waals surface area (Å²) in [6.07, 6.45) is 5.75. The van der Waals surface area contributed by atoms with Gasteiger partial charge in [-0.25, -0.2) is 0 Å². The summed E-state index contributed by atoms with van der Waals surface area (Å²) in [5.74, 6) is 0.875. The molecule has 0 aromatic heterocycles. The fourth-order valence-corrected chi connectivity index (χ4v) is 2.95. The van der Waals surface area contributed by atoms with Crippen LogP contribution in [0.1, 0.15) is 26.7 Å². The van der Waals surface area contributed by atoms with E-state index in [1.807, 2.05) is 24.8 Å². The van der Waals surface area contributed by atoms with Crippen LogP contribution in [0.4, 0.5) is 0 Å². The summed E-state index contributed by atoms with van der Waals surface area (Å²) in [5.41, 5.74) is 1.97. The molecule has 0 aliphatic carbocycles. The minimum atomic E-state index is -0.113. The molecule has 4 nitrogen and oxygen atoms in total. The predicted octanol–water partition coefficient (Wildman–Crippen LogP) is 2.21. The van der Waals surface area contributed by atoms with Gasteiger partial charge in [0.25, 0.3) is 0 Å². The van der Waals surface area contributed by atoms with Crippen molar-refractivity contribution in [1.29, 1.82) is 0 Å². The Labute approximate surface area is 121 Å². The largest absolute Gasteiger partial charge is 0.501 e. The van der Waals surface area contributed by atoms with Crippen LogP contribution in [0.5, 0.6) is 0 Å². The van der Waals surface area contributed by atoms with Gasteiger partial charge in [0.05, 0.1) is 24.5 Å². The normalized spacial score (nSPS) is 25.4. The number of rotatable bonds is 4. The first-order chi connectivity index (χ1) is 9.60. The standard InChI is InChI=1S/C16H24N2O2/c1-5-14-12(3)16(19)18(13-6-8-17-9-7-13)15(14)10-11(2)20-4/h5,10,12-13,17H,1,6-9H2,2-4H3/b11-10+. The third-order valence-electron chi connectivity index (χ3n) is 4.19. The minimum absolute atomic E-state index is 0.113. The second-order valence-electron chi connectivity index (χ2n) is 5.41. The van der Waals surface area contributed by atoms with E-state index in [4.69, 9.17) is 4.74 Å². The maximum absolute atomic E-state index is 12.6. The van der Waals surface area contributed by atoms with Gasteiger partial charge in [-0.3, -0.25) is 4.79 Å². The highest BCUT2D eigenvalue weighted by molar-refractivity contribution is 5.89. The van der Waals surface area contributed by atoms with E-state index in [-0.39, 0.29) is 17.9 Å². The van der Waals surface area contributed by atoms with Gasteiger partial charge < -0.3 is 15.0 Å². The summed E-state index contributed by atoms with van der Waals surface area (Å²) < 4.78 is 5.25. The summed E-state index contributed by atoms with van der Waals surface area (Å²) in [7, 11) is 1.65. The van der Waals surface area contributed by atoms with Gasteiger partial charge in [-0.15, -0.1) is 0 Å². The van der Waals surface area contributed by atoms with Crippen LogP contribution < -0.4 is 5.32 Å². The molecule has 1 atom stereocenters. The number of nitrogens with zero attached hydrogens (tertiary/aromatic N) is 1. The van der Waals surface area contributed by atoms with Crippen LogP contribution in [0, 0.1) is 5.92 Å². The number of piperidine rings is 1. The SMILES string of the molecule is C=CC1=C(/C=C(\C)OC)N(C2CCNCC2)C(=O)C1C. The first-order valence-electron chi connectivity index (χ1n) is 7.22. The number of hydrogen-bond acceptors (Lipinski definition) is 3. The number of amides is 1. The van der Waals surface area contributed by atoms with E-state index >= 15 is 0 Å². The molecule has 1 unspecified atom stereocenters. The summed E-state index contributed by atoms with van der Waals surface area (Å²) >= 11 is 0. The zero-order valence-electron chi connectivity index (χ0n) is 12.6. The highest BCUT2D eigenvalue weighted by Crippen LogP contribution is 2.35. The third kappa shape index (κ3) is 2.66. The fourth-order valence-electron chi connectivity index (χ4n) is 2.95. The van der Waals surface area contributed by atoms with Gasteiger partial charge in [0.1, 0.15) is 0 Å². The van der Waals surface area contributed by atoms with E-state index in [1.165, 1.54) is 0 Å². The molecule has 2 aliphatic rings. The van der Waals surface area contributed by atoms with Gasteiger partial charge in [0.2, 0.25) is 5.91 Å². The minimum Gasteiger partial charge on any atom is -0.501 e. The van der Waals surface area contributed by atoms with E-state index < -0.39 is 0 Å². The Kier molecular flexibility index (Phi) is 4.65. The summed E-state index contributed by atoms with van der Waals surface area (Å²) in [4.78, 5) is 14.6. The number of methoxy groups -OCH3 is 1. The van der Waals surface area contributed by atoms with Crippen LogP contribution in [0.2, 0.25) is 0 Å². The molecule has 0 aromatic rings. The zero-order chi connectivity index (χ0) is 14.7. The van der Waals surface area contributed by atoms with Crippen molar-refractivity contribution in [3.8, 4) is 0 Å². The van der Waals surface area contributed by atoms with Gasteiger partial charge >= 0.3 is 0 Å². The van der Waals surface area contributed by atoms with Gasteiger partial charge in [-0.2, -0.15) is 0 Å². The molecule has 2 aliphatic heterocycles. The molecule has 1 saturated heterocycles. The van der Waals surface area contributed by atoms with E-state index in [1.54, 1.807) is 13.2 Å². The number of carbonyl (C=O) groups excluding carboxylic acids is 1. The Morgan fingerprint density at radius 1 is 1.45 bits per heavy atom. The molecule has 2 heterocycles. The van der Waals surface area contributed by atoms with Crippen molar-refractivity contribution in [3.05, 3.63) is 35.8 Å². The lowest BCUT2D eigenvalue weighted by atomic mass is 10.0. The number of nitrogens with one attached hydrogen (secondary N) is 1. The molecular weight excluding hydrogens is 252 g/mol. The van der Waals surface area contributed by atoms with E-state index in [0.717, 1.165) is 43.0 Å². The van der Waals surface area contributed by atoms with Crippen LogP contribution >= 0.6 is 0 Å². The molecular formula is C16H24N2O2. The molecule has 20 heavy (non-hydrogen) atoms. The van der Waals surface area contributed by atoms with Crippen molar-refractivity contribution >= 4 is 5.91 Å². The molecule has 1 fully saturated rings. The quantitative estimate of drug-likeness (QED) is 0.800. The third-order valence-corrected chi connectivity index (χ3v) is 4.19. The second kappa shape index (κ2) is 6.27. The van der Waals surface area contributed by atoms with Gasteiger partial charge in [0, 0.05) is 6.04 Å². The topological polar surface area (TPSA) is 41.6 Å². The highest BCUT2D eigenvalue weighted by Gasteiger charge is 2.38. The van der Waals surface area contributed by atoms with Gasteiger partial charge in [-0.05, 0) is 51.4 Å². The van der Waals surface area contributed by atoms with Crippen LogP contribution in [-0.4, -0.2) is 37.0 Å². The van der Waals surface area contributed by atoms with Crippen molar-refractivity contribution in [2.45, 2.75) is 32.7 Å². The van der Waals surface area contributed by atoms with E-state index in [2.05, 4.69) is 11.9 Å². The number of ether oxygens (including phenoxy) is 1. The number of carbonyl (C=O) groups is 1. The van der Waals surface area contributed by atoms with Gasteiger partial charge in [-0.1, -0.05) is 12.7 Å². The molecule has 110 valence electrons. The Balaban J connectivity index is 2.38. The summed E-state index contributed by atoms with van der Waals surface area (Å²) in [5, 5.41) is 3.34. The lowest BCUT2D eigenvalue weighted by molar-refractivity contribution is -0.132.